The molecule has 1 aromatic carbocycles. The topological polar surface area (TPSA) is 47.6 Å². The van der Waals surface area contributed by atoms with Gasteiger partial charge in [-0.25, -0.2) is 0 Å². The maximum atomic E-state index is 8.67. The van der Waals surface area contributed by atoms with Crippen molar-refractivity contribution in [2.75, 3.05) is 0 Å². The first kappa shape index (κ1) is 12.2. The van der Waals surface area contributed by atoms with Crippen LogP contribution in [0.3, 0.4) is 0 Å². The van der Waals surface area contributed by atoms with Gasteiger partial charge in [0.25, 0.3) is 0 Å². The van der Waals surface area contributed by atoms with Gasteiger partial charge in [-0.2, -0.15) is 10.5 Å². The van der Waals surface area contributed by atoms with E-state index in [1.165, 1.54) is 0 Å². The Morgan fingerprint density at radius 1 is 1.25 bits per heavy atom. The fourth-order valence-corrected chi connectivity index (χ4v) is 1.53. The fourth-order valence-electron chi connectivity index (χ4n) is 1.11. The highest BCUT2D eigenvalue weighted by molar-refractivity contribution is 9.10. The average Bonchev–Trinajstić information content (AvgIpc) is 2.29. The smallest absolute Gasteiger partial charge is 0.132 e. The van der Waals surface area contributed by atoms with Crippen LogP contribution in [-0.4, -0.2) is 0 Å². The van der Waals surface area contributed by atoms with Gasteiger partial charge < -0.3 is 0 Å². The number of hydrogen-bond donors (Lipinski definition) is 0. The van der Waals surface area contributed by atoms with E-state index in [1.54, 1.807) is 13.0 Å². The van der Waals surface area contributed by atoms with Crippen LogP contribution in [-0.2, 0) is 0 Å². The maximum Gasteiger partial charge on any atom is 0.132 e. The molecule has 0 aromatic heterocycles. The highest BCUT2D eigenvalue weighted by atomic mass is 79.9. The number of nitriles is 2. The molecule has 2 nitrogen and oxygen atoms in total. The van der Waals surface area contributed by atoms with Crippen LogP contribution >= 0.6 is 15.9 Å². The maximum absolute atomic E-state index is 8.67. The third kappa shape index (κ3) is 3.08. The van der Waals surface area contributed by atoms with Crippen molar-refractivity contribution in [2.24, 2.45) is 0 Å². The number of benzene rings is 1. The molecule has 0 spiro atoms. The Labute approximate surface area is 103 Å². The third-order valence-electron chi connectivity index (χ3n) is 2.04. The van der Waals surface area contributed by atoms with Crippen LogP contribution in [0.25, 0.3) is 6.08 Å². The molecule has 0 amide bonds. The first-order valence-corrected chi connectivity index (χ1v) is 5.42. The Bertz CT molecular complexity index is 512. The summed E-state index contributed by atoms with van der Waals surface area (Å²) in [6.45, 7) is 1.75. The van der Waals surface area contributed by atoms with Gasteiger partial charge in [-0.1, -0.05) is 46.3 Å². The predicted octanol–water partition coefficient (Wildman–Crippen LogP) is 3.83. The van der Waals surface area contributed by atoms with Gasteiger partial charge in [0, 0.05) is 4.47 Å². The minimum atomic E-state index is 0.142. The summed E-state index contributed by atoms with van der Waals surface area (Å²) in [6.07, 6.45) is 3.63. The Morgan fingerprint density at radius 2 is 1.88 bits per heavy atom. The van der Waals surface area contributed by atoms with Crippen molar-refractivity contribution in [3.63, 3.8) is 0 Å². The summed E-state index contributed by atoms with van der Waals surface area (Å²) in [6, 6.07) is 11.5. The Hall–Kier alpha value is -1.84. The molecular formula is C13H9BrN2. The summed E-state index contributed by atoms with van der Waals surface area (Å²) in [5.41, 5.74) is 1.82. The van der Waals surface area contributed by atoms with Crippen LogP contribution in [0.4, 0.5) is 0 Å². The largest absolute Gasteiger partial charge is 0.192 e. The lowest BCUT2D eigenvalue weighted by Gasteiger charge is -1.97. The second-order valence-electron chi connectivity index (χ2n) is 3.14. The van der Waals surface area contributed by atoms with Crippen molar-refractivity contribution in [2.45, 2.75) is 6.92 Å². The number of nitrogens with zero attached hydrogens (tertiary/aromatic N) is 2. The van der Waals surface area contributed by atoms with E-state index in [1.807, 2.05) is 42.5 Å². The normalized spacial score (nSPS) is 9.50. The molecule has 1 rings (SSSR count). The van der Waals surface area contributed by atoms with Gasteiger partial charge in [0.15, 0.2) is 0 Å². The van der Waals surface area contributed by atoms with E-state index in [0.29, 0.717) is 5.57 Å². The Kier molecular flexibility index (Phi) is 4.51. The molecule has 3 heteroatoms. The molecule has 0 unspecified atom stereocenters. The van der Waals surface area contributed by atoms with Crippen LogP contribution in [0.15, 0.2) is 46.0 Å². The molecule has 0 saturated heterocycles. The van der Waals surface area contributed by atoms with Crippen LogP contribution in [0, 0.1) is 22.7 Å². The summed E-state index contributed by atoms with van der Waals surface area (Å²) >= 11 is 3.42. The Morgan fingerprint density at radius 3 is 2.44 bits per heavy atom. The van der Waals surface area contributed by atoms with Crippen molar-refractivity contribution in [1.29, 1.82) is 10.5 Å². The van der Waals surface area contributed by atoms with E-state index in [9.17, 15) is 0 Å². The molecule has 78 valence electrons. The van der Waals surface area contributed by atoms with Crippen molar-refractivity contribution in [3.05, 3.63) is 51.5 Å². The predicted molar refractivity (Wildman–Crippen MR) is 67.1 cm³/mol. The molecule has 1 aromatic rings. The minimum Gasteiger partial charge on any atom is -0.192 e. The second kappa shape index (κ2) is 5.90. The molecule has 0 heterocycles. The van der Waals surface area contributed by atoms with E-state index in [0.717, 1.165) is 10.0 Å². The Balaban J connectivity index is 3.01. The number of allylic oxidation sites excluding steroid dienone is 3. The van der Waals surface area contributed by atoms with E-state index in [-0.39, 0.29) is 5.57 Å². The van der Waals surface area contributed by atoms with Gasteiger partial charge in [0.2, 0.25) is 0 Å². The molecule has 0 aliphatic carbocycles. The third-order valence-corrected chi connectivity index (χ3v) is 2.76. The van der Waals surface area contributed by atoms with Crippen molar-refractivity contribution in [3.8, 4) is 12.1 Å². The molecule has 0 saturated carbocycles. The fraction of sp³-hybridized carbons (Fsp3) is 0.0769. The lowest BCUT2D eigenvalue weighted by Crippen LogP contribution is -1.79. The molecule has 0 atom stereocenters. The second-order valence-corrected chi connectivity index (χ2v) is 3.99. The summed E-state index contributed by atoms with van der Waals surface area (Å²) in [4.78, 5) is 0. The molecule has 0 bridgehead atoms. The molecule has 16 heavy (non-hydrogen) atoms. The summed E-state index contributed by atoms with van der Waals surface area (Å²) in [5.74, 6) is 0. The first-order valence-electron chi connectivity index (χ1n) is 4.62. The van der Waals surface area contributed by atoms with E-state index in [4.69, 9.17) is 10.5 Å². The van der Waals surface area contributed by atoms with Gasteiger partial charge in [-0.15, -0.1) is 0 Å². The lowest BCUT2D eigenvalue weighted by molar-refractivity contribution is 1.40. The monoisotopic (exact) mass is 272 g/mol. The SMILES string of the molecule is CC(/C=C/c1ccccc1Br)=C(C#N)C#N. The number of hydrogen-bond acceptors (Lipinski definition) is 2. The standard InChI is InChI=1S/C13H9BrN2/c1-10(12(8-15)9-16)6-7-11-4-2-3-5-13(11)14/h2-7H,1H3/b7-6+. The molecule has 0 aliphatic heterocycles. The first-order chi connectivity index (χ1) is 7.69. The van der Waals surface area contributed by atoms with Crippen molar-refractivity contribution < 1.29 is 0 Å². The van der Waals surface area contributed by atoms with E-state index >= 15 is 0 Å². The minimum absolute atomic E-state index is 0.142. The molecule has 0 aliphatic rings. The lowest BCUT2D eigenvalue weighted by atomic mass is 10.1. The van der Waals surface area contributed by atoms with Gasteiger partial charge in [0.1, 0.15) is 17.7 Å². The van der Waals surface area contributed by atoms with Crippen LogP contribution in [0.5, 0.6) is 0 Å². The molecule has 0 radical (unpaired) electrons. The zero-order valence-corrected chi connectivity index (χ0v) is 10.3. The van der Waals surface area contributed by atoms with Crippen LogP contribution < -0.4 is 0 Å². The van der Waals surface area contributed by atoms with Crippen molar-refractivity contribution in [1.82, 2.24) is 0 Å². The van der Waals surface area contributed by atoms with Crippen LogP contribution in [0.1, 0.15) is 12.5 Å². The number of halogens is 1. The van der Waals surface area contributed by atoms with Gasteiger partial charge >= 0.3 is 0 Å². The van der Waals surface area contributed by atoms with Gasteiger partial charge in [-0.05, 0) is 24.1 Å². The van der Waals surface area contributed by atoms with Crippen LogP contribution in [0.2, 0.25) is 0 Å². The van der Waals surface area contributed by atoms with E-state index < -0.39 is 0 Å². The van der Waals surface area contributed by atoms with Gasteiger partial charge in [-0.3, -0.25) is 0 Å². The zero-order valence-electron chi connectivity index (χ0n) is 8.74. The summed E-state index contributed by atoms with van der Waals surface area (Å²) in [5, 5.41) is 17.3. The molecule has 0 N–H and O–H groups in total. The summed E-state index contributed by atoms with van der Waals surface area (Å²) < 4.78 is 0.981. The molecule has 0 fully saturated rings. The highest BCUT2D eigenvalue weighted by Gasteiger charge is 1.97. The average molecular weight is 273 g/mol. The summed E-state index contributed by atoms with van der Waals surface area (Å²) in [7, 11) is 0. The molecular weight excluding hydrogens is 264 g/mol. The quantitative estimate of drug-likeness (QED) is 0.607. The van der Waals surface area contributed by atoms with Gasteiger partial charge in [0.05, 0.1) is 0 Å². The van der Waals surface area contributed by atoms with E-state index in [2.05, 4.69) is 15.9 Å². The number of rotatable bonds is 2. The highest BCUT2D eigenvalue weighted by Crippen LogP contribution is 2.18. The van der Waals surface area contributed by atoms with Crippen molar-refractivity contribution >= 4 is 22.0 Å². The zero-order chi connectivity index (χ0) is 12.0.